The van der Waals surface area contributed by atoms with Gasteiger partial charge in [0.1, 0.15) is 0 Å². The number of rotatable bonds is 3. The van der Waals surface area contributed by atoms with Gasteiger partial charge in [-0.15, -0.1) is 0 Å². The summed E-state index contributed by atoms with van der Waals surface area (Å²) >= 11 is 0. The predicted molar refractivity (Wildman–Crippen MR) is 46.3 cm³/mol. The first-order chi connectivity index (χ1) is 6.23. The summed E-state index contributed by atoms with van der Waals surface area (Å²) in [5, 5.41) is 12.9. The lowest BCUT2D eigenvalue weighted by Gasteiger charge is -2.18. The number of esters is 1. The van der Waals surface area contributed by atoms with Crippen LogP contribution in [-0.4, -0.2) is 17.2 Å². The number of nitrogens with two attached hydrogens (primary N) is 1. The summed E-state index contributed by atoms with van der Waals surface area (Å²) in [5.74, 6) is 4.15. The summed E-state index contributed by atoms with van der Waals surface area (Å²) in [4.78, 5) is 15.4. The Hall–Kier alpha value is -1.53. The number of carbonyl (C=O) groups is 1. The van der Waals surface area contributed by atoms with Gasteiger partial charge in [0.15, 0.2) is 0 Å². The highest BCUT2D eigenvalue weighted by atomic mass is 16.8. The zero-order valence-electron chi connectivity index (χ0n) is 8.68. The van der Waals surface area contributed by atoms with Crippen LogP contribution in [-0.2, 0) is 14.4 Å². The highest BCUT2D eigenvalue weighted by Gasteiger charge is 2.25. The van der Waals surface area contributed by atoms with E-state index in [1.165, 1.54) is 6.92 Å². The van der Waals surface area contributed by atoms with Gasteiger partial charge in [-0.05, 0) is 20.8 Å². The van der Waals surface area contributed by atoms with E-state index in [9.17, 15) is 10.0 Å². The molecule has 7 heteroatoms. The standard InChI is InChI=1S/C7H15N3O4/c1-5(14-9-10(8)12)13-6(11)7(2,3)4/h5H,1-4H3,(H2,8,9). The van der Waals surface area contributed by atoms with Gasteiger partial charge in [0.05, 0.1) is 10.4 Å². The quantitative estimate of drug-likeness (QED) is 0.182. The Morgan fingerprint density at radius 3 is 2.43 bits per heavy atom. The molecule has 1 atom stereocenters. The Morgan fingerprint density at radius 1 is 1.57 bits per heavy atom. The fourth-order valence-electron chi connectivity index (χ4n) is 0.462. The summed E-state index contributed by atoms with van der Waals surface area (Å²) in [6.07, 6.45) is -0.943. The molecule has 14 heavy (non-hydrogen) atoms. The second-order valence-corrected chi connectivity index (χ2v) is 3.71. The summed E-state index contributed by atoms with van der Waals surface area (Å²) in [6.45, 7) is 6.52. The average Bonchev–Trinajstić information content (AvgIpc) is 1.99. The molecule has 0 radical (unpaired) electrons. The molecule has 0 fully saturated rings. The highest BCUT2D eigenvalue weighted by Crippen LogP contribution is 2.16. The molecule has 0 aromatic heterocycles. The summed E-state index contributed by atoms with van der Waals surface area (Å²) < 4.78 is 4.79. The second-order valence-electron chi connectivity index (χ2n) is 3.71. The van der Waals surface area contributed by atoms with Crippen LogP contribution in [0.2, 0.25) is 0 Å². The molecule has 2 N–H and O–H groups in total. The number of hydrazine groups is 1. The van der Waals surface area contributed by atoms with Gasteiger partial charge in [-0.3, -0.25) is 9.63 Å². The molecule has 0 aromatic carbocycles. The van der Waals surface area contributed by atoms with E-state index in [1.54, 1.807) is 20.8 Å². The second kappa shape index (κ2) is 4.64. The van der Waals surface area contributed by atoms with Crippen molar-refractivity contribution in [3.05, 3.63) is 5.21 Å². The van der Waals surface area contributed by atoms with Crippen molar-refractivity contribution in [2.75, 3.05) is 0 Å². The SMILES string of the molecule is CC(O/N=[N+](\N)[O-])OC(=O)C(C)(C)C. The molecule has 0 amide bonds. The predicted octanol–water partition coefficient (Wildman–Crippen LogP) is 0.690. The van der Waals surface area contributed by atoms with Crippen LogP contribution in [0.15, 0.2) is 5.28 Å². The van der Waals surface area contributed by atoms with Crippen LogP contribution >= 0.6 is 0 Å². The maximum atomic E-state index is 11.3. The number of hydrogen-bond acceptors (Lipinski definition) is 5. The molecule has 1 unspecified atom stereocenters. The van der Waals surface area contributed by atoms with Gasteiger partial charge in [0, 0.05) is 6.92 Å². The van der Waals surface area contributed by atoms with E-state index in [-0.39, 0.29) is 4.97 Å². The molecule has 0 spiro atoms. The van der Waals surface area contributed by atoms with Crippen LogP contribution in [0.1, 0.15) is 27.7 Å². The van der Waals surface area contributed by atoms with Gasteiger partial charge >= 0.3 is 5.97 Å². The van der Waals surface area contributed by atoms with E-state index in [0.717, 1.165) is 0 Å². The van der Waals surface area contributed by atoms with Crippen LogP contribution in [0.3, 0.4) is 0 Å². The molecule has 82 valence electrons. The van der Waals surface area contributed by atoms with Crippen molar-refractivity contribution in [1.29, 1.82) is 0 Å². The molecule has 0 aliphatic carbocycles. The number of nitrogens with zero attached hydrogens (tertiary/aromatic N) is 2. The van der Waals surface area contributed by atoms with Crippen molar-refractivity contribution in [2.24, 2.45) is 16.5 Å². The van der Waals surface area contributed by atoms with Gasteiger partial charge in [-0.1, -0.05) is 0 Å². The number of ether oxygens (including phenoxy) is 1. The molecule has 0 rings (SSSR count). The topological polar surface area (TPSA) is 100.0 Å². The molecule has 0 aliphatic heterocycles. The van der Waals surface area contributed by atoms with Crippen LogP contribution in [0.5, 0.6) is 0 Å². The average molecular weight is 205 g/mol. The fraction of sp³-hybridized carbons (Fsp3) is 0.857. The Morgan fingerprint density at radius 2 is 2.07 bits per heavy atom. The summed E-state index contributed by atoms with van der Waals surface area (Å²) in [7, 11) is 0. The van der Waals surface area contributed by atoms with Gasteiger partial charge in [-0.2, -0.15) is 5.84 Å². The lowest BCUT2D eigenvalue weighted by Crippen LogP contribution is -2.28. The smallest absolute Gasteiger partial charge is 0.314 e. The zero-order valence-corrected chi connectivity index (χ0v) is 8.68. The molecule has 0 aliphatic rings. The minimum absolute atomic E-state index is 0.262. The normalized spacial score (nSPS) is 14.7. The fourth-order valence-corrected chi connectivity index (χ4v) is 0.462. The summed E-state index contributed by atoms with van der Waals surface area (Å²) in [6, 6.07) is 0. The molecule has 0 bridgehead atoms. The van der Waals surface area contributed by atoms with Gasteiger partial charge < -0.3 is 9.94 Å². The van der Waals surface area contributed by atoms with Crippen LogP contribution in [0, 0.1) is 10.6 Å². The van der Waals surface area contributed by atoms with Crippen molar-refractivity contribution in [1.82, 2.24) is 0 Å². The first-order valence-electron chi connectivity index (χ1n) is 4.03. The maximum Gasteiger partial charge on any atom is 0.314 e. The Balaban J connectivity index is 4.02. The lowest BCUT2D eigenvalue weighted by atomic mass is 9.97. The van der Waals surface area contributed by atoms with Crippen LogP contribution in [0.4, 0.5) is 0 Å². The monoisotopic (exact) mass is 205 g/mol. The van der Waals surface area contributed by atoms with Crippen molar-refractivity contribution in [3.8, 4) is 0 Å². The van der Waals surface area contributed by atoms with Gasteiger partial charge in [-0.25, -0.2) is 0 Å². The van der Waals surface area contributed by atoms with E-state index in [2.05, 4.69) is 16.0 Å². The third-order valence-electron chi connectivity index (χ3n) is 1.16. The molecule has 0 saturated carbocycles. The third kappa shape index (κ3) is 5.18. The first kappa shape index (κ1) is 12.5. The minimum atomic E-state index is -0.943. The Labute approximate surface area is 82.0 Å². The maximum absolute atomic E-state index is 11.3. The van der Waals surface area contributed by atoms with Crippen molar-refractivity contribution in [2.45, 2.75) is 34.0 Å². The van der Waals surface area contributed by atoms with E-state index in [0.29, 0.717) is 0 Å². The van der Waals surface area contributed by atoms with E-state index >= 15 is 0 Å². The van der Waals surface area contributed by atoms with E-state index in [1.807, 2.05) is 0 Å². The van der Waals surface area contributed by atoms with E-state index in [4.69, 9.17) is 4.74 Å². The molecular weight excluding hydrogens is 190 g/mol. The highest BCUT2D eigenvalue weighted by molar-refractivity contribution is 5.75. The van der Waals surface area contributed by atoms with Gasteiger partial charge in [0.25, 0.3) is 6.29 Å². The number of hydrogen-bond donors (Lipinski definition) is 1. The Bertz CT molecular complexity index is 230. The van der Waals surface area contributed by atoms with Crippen LogP contribution in [0.25, 0.3) is 0 Å². The summed E-state index contributed by atoms with van der Waals surface area (Å²) in [5.41, 5.74) is -0.627. The lowest BCUT2D eigenvalue weighted by molar-refractivity contribution is -0.574. The van der Waals surface area contributed by atoms with Gasteiger partial charge in [0.2, 0.25) is 5.28 Å². The number of carbonyl (C=O) groups excluding carboxylic acids is 1. The Kier molecular flexibility index (Phi) is 4.13. The van der Waals surface area contributed by atoms with Crippen molar-refractivity contribution >= 4 is 5.97 Å². The molecule has 0 aromatic rings. The molecule has 0 heterocycles. The van der Waals surface area contributed by atoms with Crippen LogP contribution < -0.4 is 5.84 Å². The third-order valence-corrected chi connectivity index (χ3v) is 1.16. The minimum Gasteiger partial charge on any atom is -0.569 e. The van der Waals surface area contributed by atoms with E-state index < -0.39 is 17.7 Å². The largest absolute Gasteiger partial charge is 0.569 e. The molecular formula is C7H15N3O4. The molecule has 0 saturated heterocycles. The van der Waals surface area contributed by atoms with Crippen molar-refractivity contribution < 1.29 is 19.3 Å². The molecule has 7 nitrogen and oxygen atoms in total. The first-order valence-corrected chi connectivity index (χ1v) is 4.03. The van der Waals surface area contributed by atoms with Crippen molar-refractivity contribution in [3.63, 3.8) is 0 Å². The zero-order chi connectivity index (χ0) is 11.4.